The van der Waals surface area contributed by atoms with Crippen molar-refractivity contribution in [1.82, 2.24) is 9.57 Å². The fourth-order valence-corrected chi connectivity index (χ4v) is 3.71. The highest BCUT2D eigenvalue weighted by Crippen LogP contribution is 2.52. The van der Waals surface area contributed by atoms with E-state index in [1.807, 2.05) is 18.5 Å². The molecule has 1 fully saturated rings. The van der Waals surface area contributed by atoms with Crippen LogP contribution in [0.25, 0.3) is 0 Å². The number of hydrogen-bond acceptors (Lipinski definition) is 4. The first-order chi connectivity index (χ1) is 8.03. The van der Waals surface area contributed by atoms with Gasteiger partial charge in [0.05, 0.1) is 19.9 Å². The van der Waals surface area contributed by atoms with Crippen LogP contribution in [0.5, 0.6) is 0 Å². The highest BCUT2D eigenvalue weighted by Gasteiger charge is 2.36. The summed E-state index contributed by atoms with van der Waals surface area (Å²) in [6, 6.07) is 0.453. The van der Waals surface area contributed by atoms with Gasteiger partial charge < -0.3 is 0 Å². The van der Waals surface area contributed by atoms with E-state index in [0.717, 1.165) is 19.5 Å². The first-order valence-electron chi connectivity index (χ1n) is 6.42. The maximum absolute atomic E-state index is 12.6. The molecule has 0 radical (unpaired) electrons. The molecule has 6 heteroatoms. The van der Waals surface area contributed by atoms with Gasteiger partial charge in [-0.25, -0.2) is 4.57 Å². The van der Waals surface area contributed by atoms with Crippen molar-refractivity contribution >= 4 is 7.75 Å². The lowest BCUT2D eigenvalue weighted by molar-refractivity contribution is 0.0765. The third-order valence-corrected chi connectivity index (χ3v) is 5.06. The number of rotatable bonds is 6. The Morgan fingerprint density at radius 2 is 1.76 bits per heavy atom. The topological polar surface area (TPSA) is 42.0 Å². The second-order valence-electron chi connectivity index (χ2n) is 4.44. The number of hydrogen-bond donors (Lipinski definition) is 0. The fraction of sp³-hybridized carbons (Fsp3) is 1.00. The van der Waals surface area contributed by atoms with Crippen molar-refractivity contribution in [3.05, 3.63) is 0 Å². The summed E-state index contributed by atoms with van der Waals surface area (Å²) in [6.07, 6.45) is 1.00. The van der Waals surface area contributed by atoms with Crippen LogP contribution in [-0.2, 0) is 13.6 Å². The van der Waals surface area contributed by atoms with Gasteiger partial charge in [-0.2, -0.15) is 4.67 Å². The summed E-state index contributed by atoms with van der Waals surface area (Å²) in [6.45, 7) is 11.3. The standard InChI is InChI=1S/C11H25N2O3P/c1-5-15-17(14,16-6-2)13-9-7-8-12(10-13)11(3)4/h11H,5-10H2,1-4H3. The summed E-state index contributed by atoms with van der Waals surface area (Å²) in [7, 11) is -3.08. The summed E-state index contributed by atoms with van der Waals surface area (Å²) in [4.78, 5) is 2.29. The molecule has 1 heterocycles. The van der Waals surface area contributed by atoms with Crippen molar-refractivity contribution in [2.24, 2.45) is 0 Å². The lowest BCUT2D eigenvalue weighted by Crippen LogP contribution is -2.46. The molecular weight excluding hydrogens is 239 g/mol. The van der Waals surface area contributed by atoms with E-state index in [1.165, 1.54) is 0 Å². The molecule has 0 N–H and O–H groups in total. The van der Waals surface area contributed by atoms with Crippen molar-refractivity contribution in [3.8, 4) is 0 Å². The molecule has 0 spiro atoms. The quantitative estimate of drug-likeness (QED) is 0.690. The van der Waals surface area contributed by atoms with Crippen LogP contribution in [0.1, 0.15) is 34.1 Å². The normalized spacial score (nSPS) is 20.1. The van der Waals surface area contributed by atoms with Crippen LogP contribution in [0.4, 0.5) is 0 Å². The second-order valence-corrected chi connectivity index (χ2v) is 6.45. The Balaban J connectivity index is 2.70. The third-order valence-electron chi connectivity index (χ3n) is 2.87. The Hall–Kier alpha value is 0.0700. The lowest BCUT2D eigenvalue weighted by Gasteiger charge is -2.39. The van der Waals surface area contributed by atoms with E-state index in [4.69, 9.17) is 9.05 Å². The van der Waals surface area contributed by atoms with Crippen molar-refractivity contribution in [2.75, 3.05) is 33.0 Å². The summed E-state index contributed by atoms with van der Waals surface area (Å²) in [5.74, 6) is 0. The van der Waals surface area contributed by atoms with E-state index in [2.05, 4.69) is 18.7 Å². The molecule has 0 aliphatic carbocycles. The Bertz CT molecular complexity index is 263. The van der Waals surface area contributed by atoms with Gasteiger partial charge in [0.25, 0.3) is 0 Å². The monoisotopic (exact) mass is 264 g/mol. The van der Waals surface area contributed by atoms with Gasteiger partial charge in [0, 0.05) is 19.1 Å². The first kappa shape index (κ1) is 15.1. The van der Waals surface area contributed by atoms with Crippen LogP contribution >= 0.6 is 7.75 Å². The second kappa shape index (κ2) is 6.86. The van der Waals surface area contributed by atoms with E-state index in [1.54, 1.807) is 0 Å². The van der Waals surface area contributed by atoms with Gasteiger partial charge in [0.1, 0.15) is 0 Å². The average molecular weight is 264 g/mol. The fourth-order valence-electron chi connectivity index (χ4n) is 1.96. The SMILES string of the molecule is CCOP(=O)(OCC)N1CCCN(C(C)C)C1. The maximum atomic E-state index is 12.6. The molecule has 17 heavy (non-hydrogen) atoms. The minimum atomic E-state index is -3.08. The molecule has 0 aromatic rings. The van der Waals surface area contributed by atoms with E-state index in [0.29, 0.717) is 25.9 Å². The van der Waals surface area contributed by atoms with Crippen molar-refractivity contribution in [2.45, 2.75) is 40.2 Å². The molecule has 1 saturated heterocycles. The van der Waals surface area contributed by atoms with Crippen LogP contribution < -0.4 is 0 Å². The zero-order valence-corrected chi connectivity index (χ0v) is 12.3. The van der Waals surface area contributed by atoms with Crippen LogP contribution in [0.15, 0.2) is 0 Å². The molecule has 1 aliphatic heterocycles. The minimum Gasteiger partial charge on any atom is -0.297 e. The first-order valence-corrected chi connectivity index (χ1v) is 7.91. The minimum absolute atomic E-state index is 0.412. The van der Waals surface area contributed by atoms with Gasteiger partial charge in [-0.05, 0) is 34.1 Å². The zero-order chi connectivity index (χ0) is 12.9. The molecule has 102 valence electrons. The number of nitrogens with zero attached hydrogens (tertiary/aromatic N) is 2. The predicted molar refractivity (Wildman–Crippen MR) is 68.9 cm³/mol. The Labute approximate surface area is 105 Å². The highest BCUT2D eigenvalue weighted by molar-refractivity contribution is 7.51. The van der Waals surface area contributed by atoms with Crippen LogP contribution in [0.3, 0.4) is 0 Å². The largest absolute Gasteiger partial charge is 0.409 e. The van der Waals surface area contributed by atoms with E-state index < -0.39 is 7.75 Å². The maximum Gasteiger partial charge on any atom is 0.409 e. The van der Waals surface area contributed by atoms with Crippen molar-refractivity contribution < 1.29 is 13.6 Å². The van der Waals surface area contributed by atoms with Crippen molar-refractivity contribution in [3.63, 3.8) is 0 Å². The highest BCUT2D eigenvalue weighted by atomic mass is 31.2. The van der Waals surface area contributed by atoms with Gasteiger partial charge in [-0.3, -0.25) is 13.9 Å². The molecule has 0 aromatic heterocycles. The molecule has 5 nitrogen and oxygen atoms in total. The Morgan fingerprint density at radius 3 is 2.24 bits per heavy atom. The molecule has 0 amide bonds. The van der Waals surface area contributed by atoms with Crippen molar-refractivity contribution in [1.29, 1.82) is 0 Å². The third kappa shape index (κ3) is 4.04. The zero-order valence-electron chi connectivity index (χ0n) is 11.4. The van der Waals surface area contributed by atoms with E-state index >= 15 is 0 Å². The van der Waals surface area contributed by atoms with Gasteiger partial charge in [-0.15, -0.1) is 0 Å². The van der Waals surface area contributed by atoms with Gasteiger partial charge >= 0.3 is 7.75 Å². The van der Waals surface area contributed by atoms with Crippen LogP contribution in [0.2, 0.25) is 0 Å². The van der Waals surface area contributed by atoms with Crippen LogP contribution in [0, 0.1) is 0 Å². The lowest BCUT2D eigenvalue weighted by atomic mass is 10.2. The molecule has 1 aliphatic rings. The predicted octanol–water partition coefficient (Wildman–Crippen LogP) is 2.54. The summed E-state index contributed by atoms with van der Waals surface area (Å²) in [5.41, 5.74) is 0. The summed E-state index contributed by atoms with van der Waals surface area (Å²) >= 11 is 0. The van der Waals surface area contributed by atoms with Gasteiger partial charge in [0.15, 0.2) is 0 Å². The molecule has 0 atom stereocenters. The average Bonchev–Trinajstić information content (AvgIpc) is 2.30. The van der Waals surface area contributed by atoms with Gasteiger partial charge in [0.2, 0.25) is 0 Å². The molecule has 0 saturated carbocycles. The summed E-state index contributed by atoms with van der Waals surface area (Å²) in [5, 5.41) is 0. The van der Waals surface area contributed by atoms with E-state index in [-0.39, 0.29) is 0 Å². The summed E-state index contributed by atoms with van der Waals surface area (Å²) < 4.78 is 25.2. The van der Waals surface area contributed by atoms with Gasteiger partial charge in [-0.1, -0.05) is 0 Å². The van der Waals surface area contributed by atoms with Crippen LogP contribution in [-0.4, -0.2) is 48.6 Å². The molecular formula is C11H25N2O3P. The van der Waals surface area contributed by atoms with E-state index in [9.17, 15) is 4.57 Å². The molecule has 0 unspecified atom stereocenters. The molecule has 1 rings (SSSR count). The Kier molecular flexibility index (Phi) is 6.10. The Morgan fingerprint density at radius 1 is 1.18 bits per heavy atom. The molecule has 0 aromatic carbocycles. The molecule has 0 bridgehead atoms. The smallest absolute Gasteiger partial charge is 0.297 e.